The molecule has 0 bridgehead atoms. The first-order chi connectivity index (χ1) is 15.2. The van der Waals surface area contributed by atoms with Crippen LogP contribution in [0, 0.1) is 6.92 Å². The zero-order valence-corrected chi connectivity index (χ0v) is 17.0. The third-order valence-electron chi connectivity index (χ3n) is 5.67. The zero-order chi connectivity index (χ0) is 20.9. The number of nitrogens with zero attached hydrogens (tertiary/aromatic N) is 6. The summed E-state index contributed by atoms with van der Waals surface area (Å²) in [6, 6.07) is 10.0. The fraction of sp³-hybridized carbons (Fsp3) is 0.0870. The number of H-pyrrole nitrogens is 2. The van der Waals surface area contributed by atoms with Gasteiger partial charge in [-0.15, -0.1) is 0 Å². The average Bonchev–Trinajstić information content (AvgIpc) is 3.50. The van der Waals surface area contributed by atoms with Crippen LogP contribution in [-0.2, 0) is 7.05 Å². The Kier molecular flexibility index (Phi) is 3.73. The van der Waals surface area contributed by atoms with E-state index in [0.717, 1.165) is 61.7 Å². The molecule has 0 fully saturated rings. The second-order valence-electron chi connectivity index (χ2n) is 7.48. The summed E-state index contributed by atoms with van der Waals surface area (Å²) in [7, 11) is 1.99. The van der Waals surface area contributed by atoms with Crippen LogP contribution >= 0.6 is 0 Å². The molecule has 0 aliphatic carbocycles. The third-order valence-corrected chi connectivity index (χ3v) is 5.67. The predicted molar refractivity (Wildman–Crippen MR) is 119 cm³/mol. The minimum atomic E-state index is 0.839. The molecule has 0 radical (unpaired) electrons. The van der Waals surface area contributed by atoms with Gasteiger partial charge < -0.3 is 9.55 Å². The van der Waals surface area contributed by atoms with Gasteiger partial charge in [-0.1, -0.05) is 0 Å². The lowest BCUT2D eigenvalue weighted by molar-refractivity contribution is 0.862. The maximum absolute atomic E-state index is 4.60. The number of hydrogen-bond donors (Lipinski definition) is 2. The minimum absolute atomic E-state index is 0.839. The first-order valence-corrected chi connectivity index (χ1v) is 9.90. The molecule has 0 saturated heterocycles. The smallest absolute Gasteiger partial charge is 0.116 e. The SMILES string of the molecule is Cc1ncc(-c2cc3c(-c4cc5c(-c6cccnc6)nccc5[nH]4)n[nH]c3cn2)n1C. The van der Waals surface area contributed by atoms with Crippen molar-refractivity contribution in [3.05, 3.63) is 67.1 Å². The normalized spacial score (nSPS) is 11.5. The lowest BCUT2D eigenvalue weighted by Gasteiger charge is -2.03. The van der Waals surface area contributed by atoms with Gasteiger partial charge in [-0.2, -0.15) is 5.10 Å². The van der Waals surface area contributed by atoms with E-state index in [4.69, 9.17) is 0 Å². The molecule has 0 unspecified atom stereocenters. The summed E-state index contributed by atoms with van der Waals surface area (Å²) in [5.41, 5.74) is 7.31. The van der Waals surface area contributed by atoms with Crippen molar-refractivity contribution in [2.45, 2.75) is 6.92 Å². The van der Waals surface area contributed by atoms with Crippen molar-refractivity contribution >= 4 is 21.8 Å². The maximum Gasteiger partial charge on any atom is 0.116 e. The van der Waals surface area contributed by atoms with Crippen LogP contribution in [0.5, 0.6) is 0 Å². The van der Waals surface area contributed by atoms with Crippen molar-refractivity contribution in [1.82, 2.24) is 39.7 Å². The molecule has 0 aromatic carbocycles. The van der Waals surface area contributed by atoms with E-state index in [0.29, 0.717) is 0 Å². The number of aromatic amines is 2. The highest BCUT2D eigenvalue weighted by Gasteiger charge is 2.16. The van der Waals surface area contributed by atoms with Crippen LogP contribution in [-0.4, -0.2) is 39.7 Å². The molecular weight excluding hydrogens is 388 g/mol. The van der Waals surface area contributed by atoms with Crippen LogP contribution in [0.1, 0.15) is 5.82 Å². The molecule has 8 nitrogen and oxygen atoms in total. The molecule has 0 saturated carbocycles. The van der Waals surface area contributed by atoms with Gasteiger partial charge in [0.1, 0.15) is 11.5 Å². The molecule has 0 aliphatic rings. The second kappa shape index (κ2) is 6.60. The van der Waals surface area contributed by atoms with Gasteiger partial charge >= 0.3 is 0 Å². The van der Waals surface area contributed by atoms with Crippen molar-refractivity contribution in [2.24, 2.45) is 7.05 Å². The number of aromatic nitrogens is 8. The van der Waals surface area contributed by atoms with Crippen LogP contribution in [0.4, 0.5) is 0 Å². The Morgan fingerprint density at radius 3 is 2.58 bits per heavy atom. The summed E-state index contributed by atoms with van der Waals surface area (Å²) in [6.07, 6.45) is 9.05. The van der Waals surface area contributed by atoms with Crippen molar-refractivity contribution in [3.63, 3.8) is 0 Å². The van der Waals surface area contributed by atoms with Crippen LogP contribution < -0.4 is 0 Å². The second-order valence-corrected chi connectivity index (χ2v) is 7.48. The van der Waals surface area contributed by atoms with Gasteiger partial charge in [-0.25, -0.2) is 4.98 Å². The van der Waals surface area contributed by atoms with E-state index in [1.165, 1.54) is 0 Å². The van der Waals surface area contributed by atoms with Gasteiger partial charge in [0.05, 0.1) is 40.7 Å². The Labute approximate surface area is 177 Å². The van der Waals surface area contributed by atoms with E-state index in [1.54, 1.807) is 12.4 Å². The van der Waals surface area contributed by atoms with E-state index in [9.17, 15) is 0 Å². The number of imidazole rings is 1. The molecule has 0 aliphatic heterocycles. The highest BCUT2D eigenvalue weighted by atomic mass is 15.1. The Morgan fingerprint density at radius 2 is 1.77 bits per heavy atom. The van der Waals surface area contributed by atoms with Crippen LogP contribution in [0.25, 0.3) is 55.8 Å². The first-order valence-electron chi connectivity index (χ1n) is 9.90. The van der Waals surface area contributed by atoms with Gasteiger partial charge in [0, 0.05) is 47.5 Å². The summed E-state index contributed by atoms with van der Waals surface area (Å²) < 4.78 is 2.03. The Balaban J connectivity index is 1.52. The van der Waals surface area contributed by atoms with E-state index < -0.39 is 0 Å². The lowest BCUT2D eigenvalue weighted by atomic mass is 10.1. The summed E-state index contributed by atoms with van der Waals surface area (Å²) in [4.78, 5) is 21.3. The summed E-state index contributed by atoms with van der Waals surface area (Å²) in [5.74, 6) is 0.940. The average molecular weight is 406 g/mol. The van der Waals surface area contributed by atoms with Crippen LogP contribution in [0.3, 0.4) is 0 Å². The first kappa shape index (κ1) is 17.5. The molecule has 150 valence electrons. The number of fused-ring (bicyclic) bond motifs is 2. The molecule has 8 heteroatoms. The van der Waals surface area contributed by atoms with Gasteiger partial charge in [-0.05, 0) is 37.3 Å². The fourth-order valence-corrected chi connectivity index (χ4v) is 3.92. The molecule has 2 N–H and O–H groups in total. The van der Waals surface area contributed by atoms with E-state index in [1.807, 2.05) is 55.3 Å². The summed E-state index contributed by atoms with van der Waals surface area (Å²) in [6.45, 7) is 1.98. The summed E-state index contributed by atoms with van der Waals surface area (Å²) >= 11 is 0. The van der Waals surface area contributed by atoms with Gasteiger partial charge in [0.15, 0.2) is 0 Å². The number of hydrogen-bond acceptors (Lipinski definition) is 5. The molecule has 0 atom stereocenters. The Bertz CT molecular complexity index is 1560. The third kappa shape index (κ3) is 2.72. The van der Waals surface area contributed by atoms with E-state index >= 15 is 0 Å². The largest absolute Gasteiger partial charge is 0.353 e. The number of aryl methyl sites for hydroxylation is 1. The highest BCUT2D eigenvalue weighted by Crippen LogP contribution is 2.33. The van der Waals surface area contributed by atoms with Crippen molar-refractivity contribution in [3.8, 4) is 34.0 Å². The number of rotatable bonds is 3. The highest BCUT2D eigenvalue weighted by molar-refractivity contribution is 6.00. The van der Waals surface area contributed by atoms with Gasteiger partial charge in [0.25, 0.3) is 0 Å². The molecule has 6 aromatic rings. The maximum atomic E-state index is 4.60. The lowest BCUT2D eigenvalue weighted by Crippen LogP contribution is -1.95. The molecule has 0 amide bonds. The standard InChI is InChI=1S/C23H18N8/c1-13-26-12-21(31(13)2)18-8-16-20(11-27-18)29-30-23(16)19-9-15-17(28-19)5-7-25-22(15)14-4-3-6-24-10-14/h3-12,28H,1-2H3,(H,29,30). The quantitative estimate of drug-likeness (QED) is 0.457. The van der Waals surface area contributed by atoms with Gasteiger partial charge in [-0.3, -0.25) is 20.1 Å². The van der Waals surface area contributed by atoms with E-state index in [2.05, 4.69) is 47.2 Å². The fourth-order valence-electron chi connectivity index (χ4n) is 3.92. The Morgan fingerprint density at radius 1 is 0.871 bits per heavy atom. The number of nitrogens with one attached hydrogen (secondary N) is 2. The summed E-state index contributed by atoms with van der Waals surface area (Å²) in [5, 5.41) is 9.69. The topological polar surface area (TPSA) is 101 Å². The molecule has 31 heavy (non-hydrogen) atoms. The molecule has 6 rings (SSSR count). The monoisotopic (exact) mass is 406 g/mol. The zero-order valence-electron chi connectivity index (χ0n) is 17.0. The molecule has 6 heterocycles. The predicted octanol–water partition coefficient (Wildman–Crippen LogP) is 4.27. The van der Waals surface area contributed by atoms with E-state index in [-0.39, 0.29) is 0 Å². The van der Waals surface area contributed by atoms with Crippen LogP contribution in [0.15, 0.2) is 61.3 Å². The van der Waals surface area contributed by atoms with Crippen molar-refractivity contribution < 1.29 is 0 Å². The molecule has 6 aromatic heterocycles. The number of pyridine rings is 3. The molecule has 0 spiro atoms. The molecular formula is C23H18N8. The van der Waals surface area contributed by atoms with Gasteiger partial charge in [0.2, 0.25) is 0 Å². The van der Waals surface area contributed by atoms with Crippen molar-refractivity contribution in [2.75, 3.05) is 0 Å². The van der Waals surface area contributed by atoms with Crippen LogP contribution in [0.2, 0.25) is 0 Å². The Hall–Kier alpha value is -4.33. The van der Waals surface area contributed by atoms with Crippen molar-refractivity contribution in [1.29, 1.82) is 0 Å². The minimum Gasteiger partial charge on any atom is -0.353 e.